The number of carboxylic acid groups (broad SMARTS) is 1. The fourth-order valence-corrected chi connectivity index (χ4v) is 4.88. The van der Waals surface area contributed by atoms with E-state index in [1.165, 1.54) is 36.4 Å². The van der Waals surface area contributed by atoms with Crippen LogP contribution in [-0.4, -0.2) is 24.6 Å². The highest BCUT2D eigenvalue weighted by Gasteiger charge is 2.22. The van der Waals surface area contributed by atoms with E-state index in [0.717, 1.165) is 11.3 Å². The minimum Gasteiger partial charge on any atom is -0.449 e. The molecule has 0 amide bonds. The molecule has 11 heteroatoms. The molecule has 0 saturated carbocycles. The van der Waals surface area contributed by atoms with Crippen LogP contribution in [-0.2, 0) is 10.0 Å². The first-order chi connectivity index (χ1) is 13.7. The van der Waals surface area contributed by atoms with E-state index in [0.29, 0.717) is 16.0 Å². The van der Waals surface area contributed by atoms with Gasteiger partial charge in [0, 0.05) is 17.0 Å². The largest absolute Gasteiger partial charge is 0.512 e. The van der Waals surface area contributed by atoms with E-state index in [4.69, 9.17) is 9.84 Å². The zero-order valence-electron chi connectivity index (χ0n) is 14.9. The predicted molar refractivity (Wildman–Crippen MR) is 107 cm³/mol. The Kier molecular flexibility index (Phi) is 5.52. The number of thiophene rings is 1. The van der Waals surface area contributed by atoms with Gasteiger partial charge in [0.2, 0.25) is 5.06 Å². The summed E-state index contributed by atoms with van der Waals surface area (Å²) in [5.41, 5.74) is 0.908. The maximum absolute atomic E-state index is 12.7. The van der Waals surface area contributed by atoms with Gasteiger partial charge in [-0.1, -0.05) is 29.5 Å². The van der Waals surface area contributed by atoms with E-state index in [9.17, 15) is 23.3 Å². The second kappa shape index (κ2) is 7.89. The Morgan fingerprint density at radius 1 is 1.17 bits per heavy atom. The number of anilines is 1. The van der Waals surface area contributed by atoms with Gasteiger partial charge >= 0.3 is 6.16 Å². The molecular weight excluding hydrogens is 420 g/mol. The average molecular weight is 434 g/mol. The van der Waals surface area contributed by atoms with Gasteiger partial charge in [-0.3, -0.25) is 14.8 Å². The fraction of sp³-hybridized carbons (Fsp3) is 0.0556. The van der Waals surface area contributed by atoms with E-state index in [-0.39, 0.29) is 21.3 Å². The zero-order valence-corrected chi connectivity index (χ0v) is 16.5. The molecule has 0 atom stereocenters. The molecule has 3 aromatic rings. The lowest BCUT2D eigenvalue weighted by Gasteiger charge is -2.10. The quantitative estimate of drug-likeness (QED) is 0.331. The lowest BCUT2D eigenvalue weighted by molar-refractivity contribution is -0.384. The van der Waals surface area contributed by atoms with Crippen LogP contribution in [0.3, 0.4) is 0 Å². The fourth-order valence-electron chi connectivity index (χ4n) is 2.55. The Balaban J connectivity index is 2.00. The van der Waals surface area contributed by atoms with Crippen molar-refractivity contribution in [2.75, 3.05) is 4.72 Å². The Labute approximate surface area is 169 Å². The highest BCUT2D eigenvalue weighted by atomic mass is 32.2. The lowest BCUT2D eigenvalue weighted by atomic mass is 10.2. The molecule has 1 heterocycles. The molecule has 0 saturated heterocycles. The van der Waals surface area contributed by atoms with Gasteiger partial charge in [0.05, 0.1) is 9.82 Å². The predicted octanol–water partition coefficient (Wildman–Crippen LogP) is 4.49. The van der Waals surface area contributed by atoms with Gasteiger partial charge in [0.1, 0.15) is 5.69 Å². The smallest absolute Gasteiger partial charge is 0.449 e. The molecule has 0 unspecified atom stereocenters. The minimum atomic E-state index is -3.99. The summed E-state index contributed by atoms with van der Waals surface area (Å²) >= 11 is 0.895. The first kappa shape index (κ1) is 20.3. The number of ether oxygens (including phenoxy) is 1. The maximum atomic E-state index is 12.7. The van der Waals surface area contributed by atoms with Crippen molar-refractivity contribution in [3.8, 4) is 15.5 Å². The number of nitro benzene ring substituents is 1. The van der Waals surface area contributed by atoms with Crippen molar-refractivity contribution in [1.29, 1.82) is 0 Å². The van der Waals surface area contributed by atoms with Crippen molar-refractivity contribution in [1.82, 2.24) is 0 Å². The Bertz CT molecular complexity index is 1190. The van der Waals surface area contributed by atoms with Crippen LogP contribution < -0.4 is 9.46 Å². The summed E-state index contributed by atoms with van der Waals surface area (Å²) in [7, 11) is -3.99. The van der Waals surface area contributed by atoms with Crippen molar-refractivity contribution in [3.05, 3.63) is 70.3 Å². The van der Waals surface area contributed by atoms with E-state index in [2.05, 4.69) is 4.72 Å². The van der Waals surface area contributed by atoms with Crippen LogP contribution in [0.15, 0.2) is 59.5 Å². The number of carbonyl (C=O) groups is 1. The number of non-ortho nitro benzene ring substituents is 1. The number of aryl methyl sites for hydroxylation is 1. The van der Waals surface area contributed by atoms with Crippen LogP contribution in [0.2, 0.25) is 0 Å². The van der Waals surface area contributed by atoms with E-state index >= 15 is 0 Å². The molecule has 150 valence electrons. The van der Waals surface area contributed by atoms with Gasteiger partial charge in [-0.05, 0) is 42.3 Å². The highest BCUT2D eigenvalue weighted by Crippen LogP contribution is 2.42. The van der Waals surface area contributed by atoms with Crippen molar-refractivity contribution < 1.29 is 28.0 Å². The Morgan fingerprint density at radius 3 is 2.41 bits per heavy atom. The second-order valence-corrected chi connectivity index (χ2v) is 8.52. The maximum Gasteiger partial charge on any atom is 0.512 e. The number of sulfonamides is 1. The molecule has 29 heavy (non-hydrogen) atoms. The van der Waals surface area contributed by atoms with Crippen molar-refractivity contribution in [2.45, 2.75) is 11.8 Å². The topological polar surface area (TPSA) is 136 Å². The molecule has 3 rings (SSSR count). The van der Waals surface area contributed by atoms with Crippen LogP contribution in [0.1, 0.15) is 5.56 Å². The average Bonchev–Trinajstić information content (AvgIpc) is 3.03. The molecule has 2 N–H and O–H groups in total. The van der Waals surface area contributed by atoms with Crippen molar-refractivity contribution in [3.63, 3.8) is 0 Å². The summed E-state index contributed by atoms with van der Waals surface area (Å²) in [6, 6.07) is 13.3. The monoisotopic (exact) mass is 434 g/mol. The molecule has 0 radical (unpaired) electrons. The number of hydrogen-bond acceptors (Lipinski definition) is 7. The summed E-state index contributed by atoms with van der Waals surface area (Å²) in [6.07, 6.45) is -1.60. The van der Waals surface area contributed by atoms with Gasteiger partial charge in [0.15, 0.2) is 0 Å². The third-order valence-corrected chi connectivity index (χ3v) is 6.46. The lowest BCUT2D eigenvalue weighted by Crippen LogP contribution is -2.15. The Morgan fingerprint density at radius 2 is 1.83 bits per heavy atom. The molecule has 9 nitrogen and oxygen atoms in total. The number of nitrogens with zero attached hydrogens (tertiary/aromatic N) is 1. The first-order valence-electron chi connectivity index (χ1n) is 8.05. The van der Waals surface area contributed by atoms with Crippen LogP contribution in [0.5, 0.6) is 5.06 Å². The number of benzene rings is 2. The molecule has 0 aliphatic heterocycles. The summed E-state index contributed by atoms with van der Waals surface area (Å²) < 4.78 is 32.6. The van der Waals surface area contributed by atoms with Gasteiger partial charge < -0.3 is 9.84 Å². The second-order valence-electron chi connectivity index (χ2n) is 5.85. The molecule has 2 aromatic carbocycles. The number of nitrogens with one attached hydrogen (secondary N) is 1. The minimum absolute atomic E-state index is 0.0457. The highest BCUT2D eigenvalue weighted by molar-refractivity contribution is 7.92. The van der Waals surface area contributed by atoms with Gasteiger partial charge in [-0.15, -0.1) is 0 Å². The van der Waals surface area contributed by atoms with Crippen molar-refractivity contribution >= 4 is 38.9 Å². The molecule has 1 aromatic heterocycles. The van der Waals surface area contributed by atoms with Gasteiger partial charge in [0.25, 0.3) is 15.7 Å². The number of hydrogen-bond donors (Lipinski definition) is 2. The van der Waals surface area contributed by atoms with Crippen LogP contribution in [0.25, 0.3) is 10.4 Å². The normalized spacial score (nSPS) is 11.1. The van der Waals surface area contributed by atoms with Crippen molar-refractivity contribution in [2.24, 2.45) is 0 Å². The van der Waals surface area contributed by atoms with E-state index in [1.807, 2.05) is 0 Å². The summed E-state index contributed by atoms with van der Waals surface area (Å²) in [4.78, 5) is 21.8. The molecule has 0 aliphatic rings. The van der Waals surface area contributed by atoms with Crippen LogP contribution in [0, 0.1) is 17.0 Å². The molecular formula is C18H14N2O7S2. The number of nitro groups is 1. The summed E-state index contributed by atoms with van der Waals surface area (Å²) in [6.45, 7) is 1.64. The summed E-state index contributed by atoms with van der Waals surface area (Å²) in [5.74, 6) is 0. The van der Waals surface area contributed by atoms with Gasteiger partial charge in [-0.2, -0.15) is 0 Å². The SMILES string of the molecule is Cc1ccccc1S(=O)(=O)Nc1cc(-c2ccc([N+](=O)[O-])cc2)sc1OC(=O)O. The van der Waals surface area contributed by atoms with E-state index < -0.39 is 21.1 Å². The molecule has 0 spiro atoms. The third kappa shape index (κ3) is 4.52. The molecule has 0 aliphatic carbocycles. The first-order valence-corrected chi connectivity index (χ1v) is 10.4. The number of rotatable bonds is 6. The van der Waals surface area contributed by atoms with Crippen LogP contribution in [0.4, 0.5) is 16.2 Å². The zero-order chi connectivity index (χ0) is 21.2. The Hall–Kier alpha value is -3.44. The standard InChI is InChI=1S/C18H14N2O7S2/c1-11-4-2-3-5-16(11)29(25,26)19-14-10-15(28-17(14)27-18(21)22)12-6-8-13(9-7-12)20(23)24/h2-10,19H,1H3,(H,21,22). The van der Waals surface area contributed by atoms with Crippen LogP contribution >= 0.6 is 11.3 Å². The van der Waals surface area contributed by atoms with Gasteiger partial charge in [-0.25, -0.2) is 13.2 Å². The van der Waals surface area contributed by atoms with E-state index in [1.54, 1.807) is 25.1 Å². The third-order valence-electron chi connectivity index (χ3n) is 3.87. The molecule has 0 fully saturated rings. The summed E-state index contributed by atoms with van der Waals surface area (Å²) in [5, 5.41) is 19.6. The molecule has 0 bridgehead atoms.